The van der Waals surface area contributed by atoms with E-state index in [0.717, 1.165) is 17.9 Å². The van der Waals surface area contributed by atoms with Crippen LogP contribution < -0.4 is 5.32 Å². The molecule has 0 aromatic heterocycles. The van der Waals surface area contributed by atoms with E-state index >= 15 is 0 Å². The molecule has 0 bridgehead atoms. The Hall–Kier alpha value is -0.0800. The summed E-state index contributed by atoms with van der Waals surface area (Å²) in [6, 6.07) is 0.765. The summed E-state index contributed by atoms with van der Waals surface area (Å²) < 4.78 is 0. The first-order valence-electron chi connectivity index (χ1n) is 6.88. The van der Waals surface area contributed by atoms with E-state index in [4.69, 9.17) is 0 Å². The molecule has 0 aromatic rings. The van der Waals surface area contributed by atoms with Crippen molar-refractivity contribution >= 4 is 0 Å². The van der Waals surface area contributed by atoms with Crippen molar-refractivity contribution in [1.82, 2.24) is 10.2 Å². The van der Waals surface area contributed by atoms with Gasteiger partial charge in [-0.1, -0.05) is 20.8 Å². The van der Waals surface area contributed by atoms with Gasteiger partial charge in [0.2, 0.25) is 0 Å². The van der Waals surface area contributed by atoms with Gasteiger partial charge in [-0.3, -0.25) is 0 Å². The van der Waals surface area contributed by atoms with Crippen molar-refractivity contribution < 1.29 is 0 Å². The Morgan fingerprint density at radius 1 is 1.31 bits per heavy atom. The standard InChI is InChI=1S/C14H28N2/c1-11-7-14(2,3)8-13(11)15-9-12-5-6-16(4)10-12/h11-13,15H,5-10H2,1-4H3. The first-order valence-corrected chi connectivity index (χ1v) is 6.88. The van der Waals surface area contributed by atoms with Crippen molar-refractivity contribution in [3.63, 3.8) is 0 Å². The van der Waals surface area contributed by atoms with Crippen molar-refractivity contribution in [2.45, 2.75) is 46.1 Å². The van der Waals surface area contributed by atoms with Gasteiger partial charge in [0.05, 0.1) is 0 Å². The quantitative estimate of drug-likeness (QED) is 0.791. The highest BCUT2D eigenvalue weighted by atomic mass is 15.1. The molecule has 0 spiro atoms. The van der Waals surface area contributed by atoms with Crippen LogP contribution in [0.5, 0.6) is 0 Å². The van der Waals surface area contributed by atoms with Crippen LogP contribution >= 0.6 is 0 Å². The third-order valence-electron chi connectivity index (χ3n) is 4.49. The van der Waals surface area contributed by atoms with Gasteiger partial charge in [-0.05, 0) is 56.7 Å². The Kier molecular flexibility index (Phi) is 3.60. The van der Waals surface area contributed by atoms with Crippen molar-refractivity contribution in [1.29, 1.82) is 0 Å². The van der Waals surface area contributed by atoms with Gasteiger partial charge < -0.3 is 10.2 Å². The van der Waals surface area contributed by atoms with Gasteiger partial charge in [0, 0.05) is 12.6 Å². The van der Waals surface area contributed by atoms with Crippen molar-refractivity contribution in [2.24, 2.45) is 17.3 Å². The summed E-state index contributed by atoms with van der Waals surface area (Å²) >= 11 is 0. The Balaban J connectivity index is 1.74. The lowest BCUT2D eigenvalue weighted by Gasteiger charge is -2.21. The van der Waals surface area contributed by atoms with Crippen LogP contribution in [0.25, 0.3) is 0 Å². The number of rotatable bonds is 3. The molecule has 2 aliphatic rings. The number of hydrogen-bond acceptors (Lipinski definition) is 2. The third kappa shape index (κ3) is 2.98. The number of likely N-dealkylation sites (tertiary alicyclic amines) is 1. The lowest BCUT2D eigenvalue weighted by molar-refractivity contribution is 0.349. The van der Waals surface area contributed by atoms with Crippen molar-refractivity contribution in [3.8, 4) is 0 Å². The SMILES string of the molecule is CC1CC(C)(C)CC1NCC1CCN(C)C1. The molecule has 1 aliphatic heterocycles. The zero-order valence-electron chi connectivity index (χ0n) is 11.4. The second-order valence-corrected chi connectivity index (χ2v) is 6.98. The van der Waals surface area contributed by atoms with E-state index in [1.165, 1.54) is 38.9 Å². The van der Waals surface area contributed by atoms with Gasteiger partial charge in [-0.15, -0.1) is 0 Å². The molecule has 3 atom stereocenters. The van der Waals surface area contributed by atoms with Crippen LogP contribution in [0.3, 0.4) is 0 Å². The molecule has 16 heavy (non-hydrogen) atoms. The fourth-order valence-electron chi connectivity index (χ4n) is 3.68. The monoisotopic (exact) mass is 224 g/mol. The van der Waals surface area contributed by atoms with Crippen LogP contribution in [0.4, 0.5) is 0 Å². The highest BCUT2D eigenvalue weighted by Gasteiger charge is 2.36. The van der Waals surface area contributed by atoms with Crippen LogP contribution in [0.1, 0.15) is 40.0 Å². The molecule has 2 fully saturated rings. The van der Waals surface area contributed by atoms with Crippen LogP contribution in [-0.2, 0) is 0 Å². The van der Waals surface area contributed by atoms with E-state index in [0.29, 0.717) is 5.41 Å². The average Bonchev–Trinajstić information content (AvgIpc) is 2.67. The second kappa shape index (κ2) is 4.66. The van der Waals surface area contributed by atoms with Gasteiger partial charge >= 0.3 is 0 Å². The molecule has 3 unspecified atom stereocenters. The topological polar surface area (TPSA) is 15.3 Å². The Labute approximate surface area is 101 Å². The number of nitrogens with zero attached hydrogens (tertiary/aromatic N) is 1. The third-order valence-corrected chi connectivity index (χ3v) is 4.49. The smallest absolute Gasteiger partial charge is 0.00980 e. The number of hydrogen-bond donors (Lipinski definition) is 1. The van der Waals surface area contributed by atoms with E-state index in [1.54, 1.807) is 0 Å². The summed E-state index contributed by atoms with van der Waals surface area (Å²) in [5.74, 6) is 1.75. The average molecular weight is 224 g/mol. The minimum Gasteiger partial charge on any atom is -0.313 e. The normalized spacial score (nSPS) is 39.4. The Morgan fingerprint density at radius 3 is 2.56 bits per heavy atom. The molecule has 0 radical (unpaired) electrons. The predicted molar refractivity (Wildman–Crippen MR) is 69.6 cm³/mol. The fraction of sp³-hybridized carbons (Fsp3) is 1.00. The number of nitrogens with one attached hydrogen (secondary N) is 1. The Morgan fingerprint density at radius 2 is 2.06 bits per heavy atom. The van der Waals surface area contributed by atoms with Gasteiger partial charge in [-0.2, -0.15) is 0 Å². The maximum absolute atomic E-state index is 3.82. The molecule has 2 rings (SSSR count). The van der Waals surface area contributed by atoms with E-state index in [-0.39, 0.29) is 0 Å². The largest absolute Gasteiger partial charge is 0.313 e. The van der Waals surface area contributed by atoms with Gasteiger partial charge in [0.1, 0.15) is 0 Å². The minimum absolute atomic E-state index is 0.559. The molecular formula is C14H28N2. The molecule has 2 nitrogen and oxygen atoms in total. The molecule has 1 aliphatic carbocycles. The van der Waals surface area contributed by atoms with Crippen LogP contribution in [-0.4, -0.2) is 37.6 Å². The summed E-state index contributed by atoms with van der Waals surface area (Å²) in [7, 11) is 2.24. The molecule has 1 N–H and O–H groups in total. The summed E-state index contributed by atoms with van der Waals surface area (Å²) in [5, 5.41) is 3.82. The molecule has 1 heterocycles. The molecular weight excluding hydrogens is 196 g/mol. The van der Waals surface area contributed by atoms with Crippen molar-refractivity contribution in [3.05, 3.63) is 0 Å². The van der Waals surface area contributed by atoms with E-state index in [9.17, 15) is 0 Å². The summed E-state index contributed by atoms with van der Waals surface area (Å²) in [6.07, 6.45) is 4.12. The Bertz CT molecular complexity index is 237. The van der Waals surface area contributed by atoms with Gasteiger partial charge in [0.15, 0.2) is 0 Å². The predicted octanol–water partition coefficient (Wildman–Crippen LogP) is 2.35. The lowest BCUT2D eigenvalue weighted by atomic mass is 9.91. The zero-order chi connectivity index (χ0) is 11.8. The van der Waals surface area contributed by atoms with Crippen LogP contribution in [0.15, 0.2) is 0 Å². The van der Waals surface area contributed by atoms with Gasteiger partial charge in [-0.25, -0.2) is 0 Å². The lowest BCUT2D eigenvalue weighted by Crippen LogP contribution is -2.36. The van der Waals surface area contributed by atoms with E-state index in [2.05, 4.69) is 38.0 Å². The maximum atomic E-state index is 3.82. The molecule has 94 valence electrons. The highest BCUT2D eigenvalue weighted by Crippen LogP contribution is 2.40. The van der Waals surface area contributed by atoms with Crippen LogP contribution in [0, 0.1) is 17.3 Å². The second-order valence-electron chi connectivity index (χ2n) is 6.98. The first kappa shape index (κ1) is 12.4. The van der Waals surface area contributed by atoms with Gasteiger partial charge in [0.25, 0.3) is 0 Å². The molecule has 1 saturated carbocycles. The summed E-state index contributed by atoms with van der Waals surface area (Å²) in [4.78, 5) is 2.45. The highest BCUT2D eigenvalue weighted by molar-refractivity contribution is 4.91. The summed E-state index contributed by atoms with van der Waals surface area (Å²) in [5.41, 5.74) is 0.559. The fourth-order valence-corrected chi connectivity index (χ4v) is 3.68. The van der Waals surface area contributed by atoms with E-state index < -0.39 is 0 Å². The van der Waals surface area contributed by atoms with E-state index in [1.807, 2.05) is 0 Å². The molecule has 0 amide bonds. The summed E-state index contributed by atoms with van der Waals surface area (Å²) in [6.45, 7) is 11.0. The molecule has 0 aromatic carbocycles. The van der Waals surface area contributed by atoms with Crippen LogP contribution in [0.2, 0.25) is 0 Å². The van der Waals surface area contributed by atoms with Crippen molar-refractivity contribution in [2.75, 3.05) is 26.7 Å². The first-order chi connectivity index (χ1) is 7.46. The molecule has 2 heteroatoms. The maximum Gasteiger partial charge on any atom is 0.00980 e. The minimum atomic E-state index is 0.559. The zero-order valence-corrected chi connectivity index (χ0v) is 11.4. The molecule has 1 saturated heterocycles.